The first-order valence-corrected chi connectivity index (χ1v) is 5.70. The van der Waals surface area contributed by atoms with E-state index in [4.69, 9.17) is 5.84 Å². The van der Waals surface area contributed by atoms with Crippen molar-refractivity contribution in [3.8, 4) is 0 Å². The molecule has 0 bridgehead atoms. The van der Waals surface area contributed by atoms with E-state index in [9.17, 15) is 10.1 Å². The van der Waals surface area contributed by atoms with Gasteiger partial charge >= 0.3 is 5.69 Å². The first-order valence-electron chi connectivity index (χ1n) is 5.70. The second-order valence-corrected chi connectivity index (χ2v) is 4.04. The van der Waals surface area contributed by atoms with Gasteiger partial charge < -0.3 is 10.7 Å². The molecule has 0 aromatic heterocycles. The average Bonchev–Trinajstić information content (AvgIpc) is 2.40. The normalized spacial score (nSPS) is 10.0. The van der Waals surface area contributed by atoms with Crippen LogP contribution in [0.5, 0.6) is 0 Å². The van der Waals surface area contributed by atoms with E-state index in [0.29, 0.717) is 5.69 Å². The van der Waals surface area contributed by atoms with Gasteiger partial charge in [0.25, 0.3) is 0 Å². The van der Waals surface area contributed by atoms with Crippen LogP contribution in [-0.2, 0) is 0 Å². The molecule has 6 heteroatoms. The van der Waals surface area contributed by atoms with Crippen molar-refractivity contribution in [1.29, 1.82) is 0 Å². The molecule has 0 amide bonds. The van der Waals surface area contributed by atoms with Gasteiger partial charge in [0.05, 0.1) is 4.92 Å². The highest BCUT2D eigenvalue weighted by molar-refractivity contribution is 5.79. The first-order chi connectivity index (χ1) is 9.13. The molecule has 19 heavy (non-hydrogen) atoms. The molecule has 0 atom stereocenters. The van der Waals surface area contributed by atoms with Crippen LogP contribution in [0.2, 0.25) is 0 Å². The number of para-hydroxylation sites is 2. The lowest BCUT2D eigenvalue weighted by Crippen LogP contribution is -2.10. The Balaban J connectivity index is 2.46. The minimum absolute atomic E-state index is 0.0757. The Morgan fingerprint density at radius 3 is 2.32 bits per heavy atom. The van der Waals surface area contributed by atoms with Gasteiger partial charge in [0.15, 0.2) is 0 Å². The summed E-state index contributed by atoms with van der Waals surface area (Å²) in [4.78, 5) is 10.7. The molecule has 0 heterocycles. The molecule has 0 aliphatic rings. The van der Waals surface area contributed by atoms with Crippen molar-refractivity contribution >= 4 is 22.7 Å². The molecule has 98 valence electrons. The molecule has 6 nitrogen and oxygen atoms in total. The van der Waals surface area contributed by atoms with Crippen LogP contribution in [0.4, 0.5) is 22.7 Å². The number of anilines is 3. The van der Waals surface area contributed by atoms with E-state index in [0.717, 1.165) is 11.3 Å². The van der Waals surface area contributed by atoms with E-state index in [2.05, 4.69) is 10.7 Å². The summed E-state index contributed by atoms with van der Waals surface area (Å²) in [6.07, 6.45) is 0. The van der Waals surface area contributed by atoms with Gasteiger partial charge in [0, 0.05) is 5.69 Å². The molecule has 4 N–H and O–H groups in total. The third kappa shape index (κ3) is 2.63. The molecule has 0 saturated heterocycles. The topological polar surface area (TPSA) is 93.2 Å². The zero-order valence-corrected chi connectivity index (χ0v) is 10.4. The molecule has 2 aromatic carbocycles. The summed E-state index contributed by atoms with van der Waals surface area (Å²) < 4.78 is 0. The van der Waals surface area contributed by atoms with Crippen molar-refractivity contribution in [2.24, 2.45) is 5.84 Å². The summed E-state index contributed by atoms with van der Waals surface area (Å²) in [7, 11) is 0. The summed E-state index contributed by atoms with van der Waals surface area (Å²) >= 11 is 0. The van der Waals surface area contributed by atoms with Gasteiger partial charge in [-0.1, -0.05) is 24.3 Å². The van der Waals surface area contributed by atoms with Crippen LogP contribution in [0.25, 0.3) is 0 Å². The molecule has 0 saturated carbocycles. The zero-order valence-electron chi connectivity index (χ0n) is 10.4. The Bertz CT molecular complexity index is 613. The molecule has 0 unspecified atom stereocenters. The molecule has 0 spiro atoms. The molecule has 0 radical (unpaired) electrons. The summed E-state index contributed by atoms with van der Waals surface area (Å²) in [6.45, 7) is 1.93. The maximum absolute atomic E-state index is 11.1. The molecular weight excluding hydrogens is 244 g/mol. The fourth-order valence-corrected chi connectivity index (χ4v) is 1.82. The van der Waals surface area contributed by atoms with Gasteiger partial charge in [-0.15, -0.1) is 0 Å². The second-order valence-electron chi connectivity index (χ2n) is 4.04. The summed E-state index contributed by atoms with van der Waals surface area (Å²) in [5.74, 6) is 5.30. The predicted molar refractivity (Wildman–Crippen MR) is 75.4 cm³/mol. The van der Waals surface area contributed by atoms with Gasteiger partial charge in [0.2, 0.25) is 0 Å². The van der Waals surface area contributed by atoms with Crippen LogP contribution >= 0.6 is 0 Å². The van der Waals surface area contributed by atoms with Crippen LogP contribution in [0, 0.1) is 17.0 Å². The minimum Gasteiger partial charge on any atom is -0.350 e. The standard InChI is InChI=1S/C13H14N4O2/c1-9-5-2-3-6-10(9)15-11-7-4-8-12(16-14)13(11)17(18)19/h2-8,15-16H,14H2,1H3. The number of hydrazine groups is 1. The molecule has 2 rings (SSSR count). The molecule has 0 fully saturated rings. The fourth-order valence-electron chi connectivity index (χ4n) is 1.82. The largest absolute Gasteiger partial charge is 0.350 e. The van der Waals surface area contributed by atoms with Crippen molar-refractivity contribution < 1.29 is 4.92 Å². The highest BCUT2D eigenvalue weighted by atomic mass is 16.6. The Hall–Kier alpha value is -2.60. The van der Waals surface area contributed by atoms with Crippen molar-refractivity contribution in [3.05, 3.63) is 58.1 Å². The Kier molecular flexibility index (Phi) is 3.63. The van der Waals surface area contributed by atoms with Crippen LogP contribution in [0.1, 0.15) is 5.56 Å². The maximum atomic E-state index is 11.1. The third-order valence-electron chi connectivity index (χ3n) is 2.79. The average molecular weight is 258 g/mol. The lowest BCUT2D eigenvalue weighted by Gasteiger charge is -2.11. The van der Waals surface area contributed by atoms with Crippen molar-refractivity contribution in [2.75, 3.05) is 10.7 Å². The monoisotopic (exact) mass is 258 g/mol. The number of hydrogen-bond donors (Lipinski definition) is 3. The molecule has 2 aromatic rings. The molecule has 0 aliphatic heterocycles. The van der Waals surface area contributed by atoms with Crippen LogP contribution in [-0.4, -0.2) is 4.92 Å². The number of nitrogen functional groups attached to an aromatic ring is 1. The van der Waals surface area contributed by atoms with Crippen LogP contribution < -0.4 is 16.6 Å². The van der Waals surface area contributed by atoms with Gasteiger partial charge in [0.1, 0.15) is 11.4 Å². The Labute approximate surface area is 110 Å². The van der Waals surface area contributed by atoms with Crippen LogP contribution in [0.3, 0.4) is 0 Å². The number of nitro benzene ring substituents is 1. The lowest BCUT2D eigenvalue weighted by atomic mass is 10.1. The van der Waals surface area contributed by atoms with E-state index < -0.39 is 4.92 Å². The predicted octanol–water partition coefficient (Wildman–Crippen LogP) is 2.93. The minimum atomic E-state index is -0.463. The van der Waals surface area contributed by atoms with Crippen molar-refractivity contribution in [1.82, 2.24) is 0 Å². The number of benzene rings is 2. The maximum Gasteiger partial charge on any atom is 0.316 e. The quantitative estimate of drug-likeness (QED) is 0.445. The van der Waals surface area contributed by atoms with E-state index in [1.165, 1.54) is 0 Å². The van der Waals surface area contributed by atoms with E-state index in [1.54, 1.807) is 18.2 Å². The number of nitrogens with one attached hydrogen (secondary N) is 2. The van der Waals surface area contributed by atoms with Crippen molar-refractivity contribution in [2.45, 2.75) is 6.92 Å². The van der Waals surface area contributed by atoms with Gasteiger partial charge in [-0.25, -0.2) is 0 Å². The highest BCUT2D eigenvalue weighted by Gasteiger charge is 2.19. The zero-order chi connectivity index (χ0) is 13.8. The van der Waals surface area contributed by atoms with Crippen LogP contribution in [0.15, 0.2) is 42.5 Å². The van der Waals surface area contributed by atoms with Gasteiger partial charge in [-0.05, 0) is 30.7 Å². The third-order valence-corrected chi connectivity index (χ3v) is 2.79. The lowest BCUT2D eigenvalue weighted by molar-refractivity contribution is -0.383. The summed E-state index contributed by atoms with van der Waals surface area (Å²) in [5, 5.41) is 14.2. The Morgan fingerprint density at radius 1 is 1.05 bits per heavy atom. The molecular formula is C13H14N4O2. The number of rotatable bonds is 4. The molecule has 0 aliphatic carbocycles. The SMILES string of the molecule is Cc1ccccc1Nc1cccc(NN)c1[N+](=O)[O-]. The van der Waals surface area contributed by atoms with Gasteiger partial charge in [-0.2, -0.15) is 0 Å². The van der Waals surface area contributed by atoms with Gasteiger partial charge in [-0.3, -0.25) is 16.0 Å². The van der Waals surface area contributed by atoms with E-state index in [1.807, 2.05) is 31.2 Å². The first kappa shape index (κ1) is 12.8. The second kappa shape index (κ2) is 5.36. The Morgan fingerprint density at radius 2 is 1.68 bits per heavy atom. The van der Waals surface area contributed by atoms with E-state index in [-0.39, 0.29) is 11.4 Å². The smallest absolute Gasteiger partial charge is 0.316 e. The summed E-state index contributed by atoms with van der Waals surface area (Å²) in [6, 6.07) is 12.5. The number of nitrogens with zero attached hydrogens (tertiary/aromatic N) is 1. The number of aryl methyl sites for hydroxylation is 1. The fraction of sp³-hybridized carbons (Fsp3) is 0.0769. The summed E-state index contributed by atoms with van der Waals surface area (Å²) in [5.41, 5.74) is 4.75. The number of hydrogen-bond acceptors (Lipinski definition) is 5. The highest BCUT2D eigenvalue weighted by Crippen LogP contribution is 2.34. The number of nitrogens with two attached hydrogens (primary N) is 1. The van der Waals surface area contributed by atoms with Crippen molar-refractivity contribution in [3.63, 3.8) is 0 Å². The van der Waals surface area contributed by atoms with E-state index >= 15 is 0 Å². The number of nitro groups is 1.